The van der Waals surface area contributed by atoms with Crippen LogP contribution in [-0.2, 0) is 26.2 Å². The monoisotopic (exact) mass is 651 g/mol. The molecule has 0 bridgehead atoms. The maximum absolute atomic E-state index is 14.1. The van der Waals surface area contributed by atoms with Crippen molar-refractivity contribution >= 4 is 50.7 Å². The summed E-state index contributed by atoms with van der Waals surface area (Å²) < 4.78 is 53.9. The molecule has 1 heterocycles. The number of sulfonamides is 1. The fraction of sp³-hybridized carbons (Fsp3) is 0.333. The molecule has 1 atom stereocenters. The van der Waals surface area contributed by atoms with Crippen LogP contribution in [0.3, 0.4) is 0 Å². The van der Waals surface area contributed by atoms with Crippen LogP contribution in [0.4, 0.5) is 10.1 Å². The molecule has 0 aliphatic carbocycles. The van der Waals surface area contributed by atoms with Gasteiger partial charge in [-0.25, -0.2) is 12.8 Å². The lowest BCUT2D eigenvalue weighted by atomic mass is 10.1. The molecule has 0 saturated heterocycles. The zero-order valence-corrected chi connectivity index (χ0v) is 26.2. The maximum Gasteiger partial charge on any atom is 0.264 e. The van der Waals surface area contributed by atoms with E-state index in [0.29, 0.717) is 24.5 Å². The predicted octanol–water partition coefficient (Wildman–Crippen LogP) is 5.29. The number of benzene rings is 3. The van der Waals surface area contributed by atoms with E-state index in [0.717, 1.165) is 16.4 Å². The summed E-state index contributed by atoms with van der Waals surface area (Å²) in [5, 5.41) is 3.36. The lowest BCUT2D eigenvalue weighted by molar-refractivity contribution is -0.139. The Morgan fingerprint density at radius 3 is 2.21 bits per heavy atom. The third-order valence-electron chi connectivity index (χ3n) is 6.74. The van der Waals surface area contributed by atoms with Crippen LogP contribution in [0.15, 0.2) is 65.6 Å². The number of ether oxygens (including phenoxy) is 2. The van der Waals surface area contributed by atoms with Gasteiger partial charge in [0.2, 0.25) is 11.8 Å². The molecule has 230 valence electrons. The fourth-order valence-corrected chi connectivity index (χ4v) is 6.28. The minimum absolute atomic E-state index is 0.0391. The average molecular weight is 653 g/mol. The van der Waals surface area contributed by atoms with Crippen LogP contribution in [0.1, 0.15) is 26.3 Å². The number of hydrogen-bond acceptors (Lipinski definition) is 6. The number of nitrogens with zero attached hydrogens (tertiary/aromatic N) is 2. The van der Waals surface area contributed by atoms with Crippen molar-refractivity contribution in [3.63, 3.8) is 0 Å². The molecular formula is C30H32Cl2FN3O6S. The topological polar surface area (TPSA) is 105 Å². The standard InChI is InChI=1S/C30H32Cl2FN3O6S/c1-19(2)16-34-30(38)20(3)35(17-24-25(31)5-4-6-26(24)32)29(37)18-36(22-9-7-21(33)8-10-22)43(39,40)23-11-12-27-28(15-23)42-14-13-41-27/h4-12,15,19-20H,13-14,16-18H2,1-3H3,(H,34,38)/t20-/m1/s1. The number of hydrogen-bond donors (Lipinski definition) is 1. The van der Waals surface area contributed by atoms with Crippen LogP contribution in [-0.4, -0.2) is 57.5 Å². The van der Waals surface area contributed by atoms with Crippen LogP contribution < -0.4 is 19.1 Å². The first-order valence-corrected chi connectivity index (χ1v) is 15.8. The van der Waals surface area contributed by atoms with E-state index in [2.05, 4.69) is 5.32 Å². The normalized spacial score (nSPS) is 13.4. The second-order valence-electron chi connectivity index (χ2n) is 10.3. The molecule has 13 heteroatoms. The van der Waals surface area contributed by atoms with E-state index < -0.39 is 40.2 Å². The molecule has 43 heavy (non-hydrogen) atoms. The van der Waals surface area contributed by atoms with Gasteiger partial charge in [-0.2, -0.15) is 0 Å². The molecule has 0 fully saturated rings. The molecule has 0 radical (unpaired) electrons. The Bertz CT molecular complexity index is 1570. The lowest BCUT2D eigenvalue weighted by Crippen LogP contribution is -2.51. The molecule has 3 aromatic carbocycles. The number of carbonyl (C=O) groups is 2. The highest BCUT2D eigenvalue weighted by atomic mass is 35.5. The van der Waals surface area contributed by atoms with E-state index in [1.807, 2.05) is 13.8 Å². The molecule has 0 spiro atoms. The summed E-state index contributed by atoms with van der Waals surface area (Å²) in [7, 11) is -4.41. The summed E-state index contributed by atoms with van der Waals surface area (Å²) in [6, 6.07) is 12.7. The number of carbonyl (C=O) groups excluding carboxylic acids is 2. The summed E-state index contributed by atoms with van der Waals surface area (Å²) in [6.07, 6.45) is 0. The Morgan fingerprint density at radius 1 is 0.953 bits per heavy atom. The van der Waals surface area contributed by atoms with Gasteiger partial charge in [-0.1, -0.05) is 43.1 Å². The molecule has 4 rings (SSSR count). The van der Waals surface area contributed by atoms with Gasteiger partial charge in [-0.15, -0.1) is 0 Å². The summed E-state index contributed by atoms with van der Waals surface area (Å²) >= 11 is 12.8. The Morgan fingerprint density at radius 2 is 1.58 bits per heavy atom. The van der Waals surface area contributed by atoms with E-state index in [1.165, 1.54) is 42.2 Å². The van der Waals surface area contributed by atoms with E-state index in [1.54, 1.807) is 18.2 Å². The van der Waals surface area contributed by atoms with Gasteiger partial charge in [0.05, 0.1) is 10.6 Å². The second-order valence-corrected chi connectivity index (χ2v) is 13.0. The zero-order valence-electron chi connectivity index (χ0n) is 23.8. The highest BCUT2D eigenvalue weighted by molar-refractivity contribution is 7.92. The lowest BCUT2D eigenvalue weighted by Gasteiger charge is -2.32. The average Bonchev–Trinajstić information content (AvgIpc) is 2.98. The van der Waals surface area contributed by atoms with Crippen molar-refractivity contribution in [2.75, 3.05) is 30.6 Å². The Balaban J connectivity index is 1.73. The zero-order chi connectivity index (χ0) is 31.3. The summed E-state index contributed by atoms with van der Waals surface area (Å²) in [6.45, 7) is 5.45. The first-order valence-electron chi connectivity index (χ1n) is 13.6. The molecule has 1 aliphatic rings. The highest BCUT2D eigenvalue weighted by Crippen LogP contribution is 2.34. The maximum atomic E-state index is 14.1. The SMILES string of the molecule is CC(C)CNC(=O)[C@@H](C)N(Cc1c(Cl)cccc1Cl)C(=O)CN(c1ccc(F)cc1)S(=O)(=O)c1ccc2c(c1)OCCO2. The largest absolute Gasteiger partial charge is 0.486 e. The van der Waals surface area contributed by atoms with Crippen molar-refractivity contribution in [2.24, 2.45) is 5.92 Å². The summed E-state index contributed by atoms with van der Waals surface area (Å²) in [5.74, 6) is -0.954. The van der Waals surface area contributed by atoms with E-state index in [-0.39, 0.29) is 45.4 Å². The van der Waals surface area contributed by atoms with E-state index >= 15 is 0 Å². The molecule has 1 N–H and O–H groups in total. The Labute approximate surface area is 260 Å². The molecule has 0 unspecified atom stereocenters. The number of fused-ring (bicyclic) bond motifs is 1. The van der Waals surface area contributed by atoms with Crippen LogP contribution in [0, 0.1) is 11.7 Å². The van der Waals surface area contributed by atoms with Gasteiger partial charge in [0.1, 0.15) is 31.6 Å². The van der Waals surface area contributed by atoms with Gasteiger partial charge in [0.25, 0.3) is 10.0 Å². The van der Waals surface area contributed by atoms with Gasteiger partial charge >= 0.3 is 0 Å². The molecule has 9 nitrogen and oxygen atoms in total. The van der Waals surface area contributed by atoms with Crippen molar-refractivity contribution in [2.45, 2.75) is 38.3 Å². The molecule has 1 aliphatic heterocycles. The van der Waals surface area contributed by atoms with Gasteiger partial charge in [-0.05, 0) is 61.4 Å². The molecule has 0 saturated carbocycles. The summed E-state index contributed by atoms with van der Waals surface area (Å²) in [4.78, 5) is 28.2. The van der Waals surface area contributed by atoms with Gasteiger partial charge in [0.15, 0.2) is 11.5 Å². The first kappa shape index (κ1) is 32.4. The molecule has 2 amide bonds. The van der Waals surface area contributed by atoms with Crippen molar-refractivity contribution in [3.8, 4) is 11.5 Å². The number of nitrogens with one attached hydrogen (secondary N) is 1. The van der Waals surface area contributed by atoms with Crippen LogP contribution in [0.5, 0.6) is 11.5 Å². The third-order valence-corrected chi connectivity index (χ3v) is 9.22. The van der Waals surface area contributed by atoms with E-state index in [9.17, 15) is 22.4 Å². The van der Waals surface area contributed by atoms with Crippen LogP contribution in [0.25, 0.3) is 0 Å². The minimum atomic E-state index is -4.41. The van der Waals surface area contributed by atoms with Crippen molar-refractivity contribution in [1.29, 1.82) is 0 Å². The third kappa shape index (κ3) is 7.70. The number of halogens is 3. The fourth-order valence-electron chi connectivity index (χ4n) is 4.34. The summed E-state index contributed by atoms with van der Waals surface area (Å²) in [5.41, 5.74) is 0.433. The molecule has 3 aromatic rings. The van der Waals surface area contributed by atoms with E-state index in [4.69, 9.17) is 32.7 Å². The van der Waals surface area contributed by atoms with Gasteiger partial charge in [0, 0.05) is 34.8 Å². The predicted molar refractivity (Wildman–Crippen MR) is 163 cm³/mol. The number of amides is 2. The molecule has 0 aromatic heterocycles. The minimum Gasteiger partial charge on any atom is -0.486 e. The van der Waals surface area contributed by atoms with Crippen LogP contribution in [0.2, 0.25) is 10.0 Å². The van der Waals surface area contributed by atoms with Crippen molar-refractivity contribution in [3.05, 3.63) is 82.1 Å². The van der Waals surface area contributed by atoms with Crippen molar-refractivity contribution < 1.29 is 31.9 Å². The Kier molecular flexibility index (Phi) is 10.4. The van der Waals surface area contributed by atoms with Crippen LogP contribution >= 0.6 is 23.2 Å². The first-order chi connectivity index (χ1) is 20.4. The quantitative estimate of drug-likeness (QED) is 0.302. The second kappa shape index (κ2) is 13.8. The van der Waals surface area contributed by atoms with Crippen molar-refractivity contribution in [1.82, 2.24) is 10.2 Å². The highest BCUT2D eigenvalue weighted by Gasteiger charge is 2.34. The van der Waals surface area contributed by atoms with Gasteiger partial charge in [-0.3, -0.25) is 13.9 Å². The molecular weight excluding hydrogens is 620 g/mol. The smallest absolute Gasteiger partial charge is 0.264 e. The Hall–Kier alpha value is -3.54. The number of rotatable bonds is 11. The van der Waals surface area contributed by atoms with Gasteiger partial charge < -0.3 is 19.7 Å². The number of anilines is 1.